The Labute approximate surface area is 142 Å². The second-order valence-electron chi connectivity index (χ2n) is 6.87. The second-order valence-corrected chi connectivity index (χ2v) is 6.87. The molecule has 0 spiro atoms. The number of rotatable bonds is 3. The lowest BCUT2D eigenvalue weighted by atomic mass is 9.81. The lowest BCUT2D eigenvalue weighted by Crippen LogP contribution is -2.18. The minimum atomic E-state index is -0.392. The molecule has 1 N–H and O–H groups in total. The van der Waals surface area contributed by atoms with Crippen LogP contribution in [0, 0.1) is 13.8 Å². The van der Waals surface area contributed by atoms with Crippen LogP contribution in [-0.4, -0.2) is 22.8 Å². The molecule has 1 aliphatic carbocycles. The van der Waals surface area contributed by atoms with Crippen molar-refractivity contribution in [2.24, 2.45) is 0 Å². The predicted molar refractivity (Wildman–Crippen MR) is 92.7 cm³/mol. The van der Waals surface area contributed by atoms with E-state index in [0.29, 0.717) is 23.2 Å². The molecule has 1 heterocycles. The number of Topliss-reactive ketones (excluding diaryl/α,β-unsaturated/α-hetero) is 1. The molecule has 3 rings (SSSR count). The van der Waals surface area contributed by atoms with Crippen LogP contribution in [0.25, 0.3) is 0 Å². The van der Waals surface area contributed by atoms with Crippen molar-refractivity contribution in [1.82, 2.24) is 4.98 Å². The predicted octanol–water partition coefficient (Wildman–Crippen LogP) is 4.11. The highest BCUT2D eigenvalue weighted by atomic mass is 16.5. The maximum absolute atomic E-state index is 12.6. The van der Waals surface area contributed by atoms with Crippen molar-refractivity contribution in [2.75, 3.05) is 0 Å². The van der Waals surface area contributed by atoms with Crippen LogP contribution >= 0.6 is 0 Å². The first-order chi connectivity index (χ1) is 11.4. The zero-order valence-electron chi connectivity index (χ0n) is 14.6. The molecule has 4 heteroatoms. The van der Waals surface area contributed by atoms with Gasteiger partial charge in [-0.25, -0.2) is 4.79 Å². The summed E-state index contributed by atoms with van der Waals surface area (Å²) in [6.07, 6.45) is 1.03. The van der Waals surface area contributed by atoms with Crippen LogP contribution in [0.4, 0.5) is 0 Å². The van der Waals surface area contributed by atoms with Gasteiger partial charge in [-0.3, -0.25) is 4.79 Å². The molecule has 0 amide bonds. The molecule has 1 atom stereocenters. The summed E-state index contributed by atoms with van der Waals surface area (Å²) < 4.78 is 5.27. The molecule has 1 aromatic carbocycles. The molecule has 0 saturated carbocycles. The Bertz CT molecular complexity index is 784. The van der Waals surface area contributed by atoms with Crippen LogP contribution in [0.15, 0.2) is 24.3 Å². The molecule has 0 radical (unpaired) electrons. The molecule has 0 aliphatic heterocycles. The molecule has 126 valence electrons. The van der Waals surface area contributed by atoms with Crippen molar-refractivity contribution in [3.63, 3.8) is 0 Å². The van der Waals surface area contributed by atoms with Gasteiger partial charge in [0.15, 0.2) is 5.78 Å². The number of carbonyl (C=O) groups is 2. The average Bonchev–Trinajstić information content (AvgIpc) is 2.85. The van der Waals surface area contributed by atoms with Crippen molar-refractivity contribution in [1.29, 1.82) is 0 Å². The monoisotopic (exact) mass is 325 g/mol. The smallest absolute Gasteiger partial charge is 0.355 e. The van der Waals surface area contributed by atoms with Gasteiger partial charge in [0, 0.05) is 17.7 Å². The number of aryl methyl sites for hydroxylation is 1. The van der Waals surface area contributed by atoms with Crippen LogP contribution in [0.1, 0.15) is 69.4 Å². The van der Waals surface area contributed by atoms with Crippen LogP contribution in [0.5, 0.6) is 0 Å². The minimum absolute atomic E-state index is 0.0965. The molecule has 0 fully saturated rings. The topological polar surface area (TPSA) is 59.2 Å². The van der Waals surface area contributed by atoms with Gasteiger partial charge in [-0.05, 0) is 51.2 Å². The minimum Gasteiger partial charge on any atom is -0.458 e. The number of aromatic amines is 1. The quantitative estimate of drug-likeness (QED) is 0.864. The van der Waals surface area contributed by atoms with E-state index in [1.165, 1.54) is 5.56 Å². The number of benzene rings is 1. The van der Waals surface area contributed by atoms with Gasteiger partial charge in [0.2, 0.25) is 0 Å². The SMILES string of the molecule is Cc1ccc(C2CC(=O)c3c([nH]c(C(=O)OC(C)C)c3C)C2)cc1. The normalized spacial score (nSPS) is 17.0. The van der Waals surface area contributed by atoms with Gasteiger partial charge in [-0.1, -0.05) is 29.8 Å². The summed E-state index contributed by atoms with van der Waals surface area (Å²) in [6, 6.07) is 8.31. The fourth-order valence-corrected chi connectivity index (χ4v) is 3.38. The van der Waals surface area contributed by atoms with Gasteiger partial charge in [0.05, 0.1) is 6.10 Å². The van der Waals surface area contributed by atoms with E-state index >= 15 is 0 Å². The molecule has 1 unspecified atom stereocenters. The third-order valence-corrected chi connectivity index (χ3v) is 4.58. The van der Waals surface area contributed by atoms with E-state index in [2.05, 4.69) is 36.2 Å². The van der Waals surface area contributed by atoms with Crippen molar-refractivity contribution < 1.29 is 14.3 Å². The molecule has 1 aliphatic rings. The fourth-order valence-electron chi connectivity index (χ4n) is 3.38. The van der Waals surface area contributed by atoms with E-state index in [0.717, 1.165) is 17.7 Å². The summed E-state index contributed by atoms with van der Waals surface area (Å²) >= 11 is 0. The van der Waals surface area contributed by atoms with E-state index < -0.39 is 5.97 Å². The number of carbonyl (C=O) groups excluding carboxylic acids is 2. The molecule has 1 aromatic heterocycles. The summed E-state index contributed by atoms with van der Waals surface area (Å²) in [7, 11) is 0. The largest absolute Gasteiger partial charge is 0.458 e. The van der Waals surface area contributed by atoms with E-state index in [-0.39, 0.29) is 17.8 Å². The van der Waals surface area contributed by atoms with Crippen LogP contribution in [-0.2, 0) is 11.2 Å². The van der Waals surface area contributed by atoms with Crippen LogP contribution in [0.2, 0.25) is 0 Å². The number of H-pyrrole nitrogens is 1. The van der Waals surface area contributed by atoms with Gasteiger partial charge >= 0.3 is 5.97 Å². The maximum atomic E-state index is 12.6. The third-order valence-electron chi connectivity index (χ3n) is 4.58. The van der Waals surface area contributed by atoms with Crippen LogP contribution < -0.4 is 0 Å². The summed E-state index contributed by atoms with van der Waals surface area (Å²) in [6.45, 7) is 7.49. The fraction of sp³-hybridized carbons (Fsp3) is 0.400. The lowest BCUT2D eigenvalue weighted by Gasteiger charge is -2.22. The van der Waals surface area contributed by atoms with E-state index in [1.807, 2.05) is 20.8 Å². The molecule has 0 bridgehead atoms. The number of nitrogens with one attached hydrogen (secondary N) is 1. The highest BCUT2D eigenvalue weighted by Crippen LogP contribution is 2.35. The van der Waals surface area contributed by atoms with Gasteiger partial charge in [-0.15, -0.1) is 0 Å². The average molecular weight is 325 g/mol. The van der Waals surface area contributed by atoms with E-state index in [9.17, 15) is 9.59 Å². The zero-order valence-corrected chi connectivity index (χ0v) is 14.6. The Hall–Kier alpha value is -2.36. The van der Waals surface area contributed by atoms with Gasteiger partial charge < -0.3 is 9.72 Å². The molecular formula is C20H23NO3. The Kier molecular flexibility index (Phi) is 4.31. The van der Waals surface area contributed by atoms with E-state index in [4.69, 9.17) is 4.74 Å². The van der Waals surface area contributed by atoms with Gasteiger partial charge in [0.25, 0.3) is 0 Å². The zero-order chi connectivity index (χ0) is 17.4. The summed E-state index contributed by atoms with van der Waals surface area (Å²) in [5.41, 5.74) is 5.02. The molecule has 24 heavy (non-hydrogen) atoms. The Morgan fingerprint density at radius 1 is 1.17 bits per heavy atom. The highest BCUT2D eigenvalue weighted by molar-refractivity contribution is 6.03. The Morgan fingerprint density at radius 3 is 2.46 bits per heavy atom. The van der Waals surface area contributed by atoms with Gasteiger partial charge in [0.1, 0.15) is 5.69 Å². The first kappa shape index (κ1) is 16.5. The molecule has 4 nitrogen and oxygen atoms in total. The third kappa shape index (κ3) is 3.01. The van der Waals surface area contributed by atoms with E-state index in [1.54, 1.807) is 0 Å². The van der Waals surface area contributed by atoms with Crippen molar-refractivity contribution in [3.05, 3.63) is 57.9 Å². The molecule has 0 saturated heterocycles. The molecule has 2 aromatic rings. The first-order valence-corrected chi connectivity index (χ1v) is 8.39. The highest BCUT2D eigenvalue weighted by Gasteiger charge is 2.32. The number of hydrogen-bond donors (Lipinski definition) is 1. The van der Waals surface area contributed by atoms with Crippen molar-refractivity contribution in [3.8, 4) is 0 Å². The number of ketones is 1. The summed E-state index contributed by atoms with van der Waals surface area (Å²) in [4.78, 5) is 28.0. The summed E-state index contributed by atoms with van der Waals surface area (Å²) in [5, 5.41) is 0. The summed E-state index contributed by atoms with van der Waals surface area (Å²) in [5.74, 6) is -0.145. The van der Waals surface area contributed by atoms with Crippen LogP contribution in [0.3, 0.4) is 0 Å². The van der Waals surface area contributed by atoms with Gasteiger partial charge in [-0.2, -0.15) is 0 Å². The van der Waals surface area contributed by atoms with Crippen molar-refractivity contribution in [2.45, 2.75) is 52.6 Å². The second kappa shape index (κ2) is 6.27. The number of aromatic nitrogens is 1. The molecular weight excluding hydrogens is 302 g/mol. The number of esters is 1. The lowest BCUT2D eigenvalue weighted by molar-refractivity contribution is 0.0370. The number of ether oxygens (including phenoxy) is 1. The van der Waals surface area contributed by atoms with Crippen molar-refractivity contribution >= 4 is 11.8 Å². The first-order valence-electron chi connectivity index (χ1n) is 8.39. The Balaban J connectivity index is 1.92. The maximum Gasteiger partial charge on any atom is 0.355 e. The number of hydrogen-bond acceptors (Lipinski definition) is 3. The standard InChI is InChI=1S/C20H23NO3/c1-11(2)24-20(23)19-13(4)18-16(21-19)9-15(10-17(18)22)14-7-5-12(3)6-8-14/h5-8,11,15,21H,9-10H2,1-4H3. The Morgan fingerprint density at radius 2 is 1.83 bits per heavy atom. The number of fused-ring (bicyclic) bond motifs is 1.